The van der Waals surface area contributed by atoms with Crippen molar-refractivity contribution in [2.75, 3.05) is 6.54 Å². The molecule has 3 rings (SSSR count). The van der Waals surface area contributed by atoms with E-state index in [0.717, 1.165) is 41.2 Å². The highest BCUT2D eigenvalue weighted by atomic mass is 32.1. The molecule has 0 unspecified atom stereocenters. The summed E-state index contributed by atoms with van der Waals surface area (Å²) in [4.78, 5) is 19.2. The minimum absolute atomic E-state index is 0.0922. The Kier molecular flexibility index (Phi) is 4.27. The zero-order valence-corrected chi connectivity index (χ0v) is 13.8. The molecule has 1 aliphatic rings. The second-order valence-corrected chi connectivity index (χ2v) is 6.86. The number of hydrogen-bond donors (Lipinski definition) is 1. The van der Waals surface area contributed by atoms with Crippen molar-refractivity contribution in [3.8, 4) is 10.6 Å². The lowest BCUT2D eigenvalue weighted by molar-refractivity contribution is 0.0619. The summed E-state index contributed by atoms with van der Waals surface area (Å²) in [5, 5.41) is 2.98. The molecule has 2 aromatic rings. The number of aromatic nitrogens is 1. The van der Waals surface area contributed by atoms with Crippen molar-refractivity contribution in [2.24, 2.45) is 5.73 Å². The van der Waals surface area contributed by atoms with Crippen molar-refractivity contribution in [1.29, 1.82) is 0 Å². The lowest BCUT2D eigenvalue weighted by Crippen LogP contribution is -2.48. The average molecular weight is 315 g/mol. The van der Waals surface area contributed by atoms with Gasteiger partial charge in [0.25, 0.3) is 5.91 Å². The molecule has 1 aromatic heterocycles. The number of amides is 1. The lowest BCUT2D eigenvalue weighted by atomic mass is 9.98. The van der Waals surface area contributed by atoms with Crippen molar-refractivity contribution in [3.05, 3.63) is 40.9 Å². The topological polar surface area (TPSA) is 59.2 Å². The Morgan fingerprint density at radius 1 is 1.45 bits per heavy atom. The van der Waals surface area contributed by atoms with Crippen LogP contribution in [0.2, 0.25) is 0 Å². The molecule has 1 aromatic carbocycles. The van der Waals surface area contributed by atoms with E-state index >= 15 is 0 Å². The largest absolute Gasteiger partial charge is 0.336 e. The van der Waals surface area contributed by atoms with Crippen LogP contribution in [0.4, 0.5) is 0 Å². The van der Waals surface area contributed by atoms with Crippen molar-refractivity contribution < 1.29 is 4.79 Å². The van der Waals surface area contributed by atoms with Crippen LogP contribution in [0.3, 0.4) is 0 Å². The van der Waals surface area contributed by atoms with Gasteiger partial charge < -0.3 is 10.6 Å². The predicted octanol–water partition coefficient (Wildman–Crippen LogP) is 3.07. The molecule has 1 saturated heterocycles. The smallest absolute Gasteiger partial charge is 0.254 e. The first-order valence-corrected chi connectivity index (χ1v) is 8.51. The summed E-state index contributed by atoms with van der Waals surface area (Å²) in [7, 11) is 0. The molecule has 5 heteroatoms. The predicted molar refractivity (Wildman–Crippen MR) is 90.0 cm³/mol. The Bertz CT molecular complexity index is 682. The maximum atomic E-state index is 12.8. The zero-order valence-electron chi connectivity index (χ0n) is 13.0. The van der Waals surface area contributed by atoms with Crippen LogP contribution in [0, 0.1) is 6.92 Å². The Balaban J connectivity index is 1.84. The summed E-state index contributed by atoms with van der Waals surface area (Å²) in [6, 6.07) is 8.17. The van der Waals surface area contributed by atoms with Crippen LogP contribution in [0.25, 0.3) is 10.6 Å². The number of piperidine rings is 1. The SMILES string of the molecule is Cc1csc(-c2cccc(C(=O)N3CC[C@@H](N)C[C@@H]3C)c2)n1. The average Bonchev–Trinajstić information content (AvgIpc) is 2.93. The highest BCUT2D eigenvalue weighted by molar-refractivity contribution is 7.13. The van der Waals surface area contributed by atoms with Gasteiger partial charge in [-0.05, 0) is 38.8 Å². The highest BCUT2D eigenvalue weighted by Crippen LogP contribution is 2.26. The third kappa shape index (κ3) is 3.05. The summed E-state index contributed by atoms with van der Waals surface area (Å²) in [5.74, 6) is 0.0922. The first-order chi connectivity index (χ1) is 10.5. The monoisotopic (exact) mass is 315 g/mol. The van der Waals surface area contributed by atoms with E-state index in [9.17, 15) is 4.79 Å². The number of hydrogen-bond acceptors (Lipinski definition) is 4. The van der Waals surface area contributed by atoms with Crippen molar-refractivity contribution in [3.63, 3.8) is 0 Å². The lowest BCUT2D eigenvalue weighted by Gasteiger charge is -2.36. The number of nitrogens with zero attached hydrogens (tertiary/aromatic N) is 2. The quantitative estimate of drug-likeness (QED) is 0.926. The van der Waals surface area contributed by atoms with E-state index in [1.165, 1.54) is 0 Å². The van der Waals surface area contributed by atoms with Crippen LogP contribution < -0.4 is 5.73 Å². The van der Waals surface area contributed by atoms with Crippen LogP contribution >= 0.6 is 11.3 Å². The molecule has 0 saturated carbocycles. The number of likely N-dealkylation sites (tertiary alicyclic amines) is 1. The Morgan fingerprint density at radius 2 is 2.27 bits per heavy atom. The molecule has 116 valence electrons. The molecule has 2 heterocycles. The standard InChI is InChI=1S/C17H21N3OS/c1-11-10-22-16(19-11)13-4-3-5-14(9-13)17(21)20-7-6-15(18)8-12(20)2/h3-5,9-10,12,15H,6-8,18H2,1-2H3/t12-,15+/m0/s1. The summed E-state index contributed by atoms with van der Waals surface area (Å²) in [6.07, 6.45) is 1.75. The van der Waals surface area contributed by atoms with E-state index in [-0.39, 0.29) is 18.0 Å². The van der Waals surface area contributed by atoms with Gasteiger partial charge in [-0.1, -0.05) is 12.1 Å². The molecule has 0 bridgehead atoms. The van der Waals surface area contributed by atoms with Gasteiger partial charge in [-0.15, -0.1) is 11.3 Å². The Morgan fingerprint density at radius 3 is 2.95 bits per heavy atom. The van der Waals surface area contributed by atoms with Gasteiger partial charge in [0, 0.05) is 40.8 Å². The molecule has 0 spiro atoms. The first-order valence-electron chi connectivity index (χ1n) is 7.63. The molecule has 22 heavy (non-hydrogen) atoms. The van der Waals surface area contributed by atoms with Crippen LogP contribution in [0.1, 0.15) is 35.8 Å². The van der Waals surface area contributed by atoms with Crippen LogP contribution in [0.5, 0.6) is 0 Å². The molecule has 4 nitrogen and oxygen atoms in total. The summed E-state index contributed by atoms with van der Waals surface area (Å²) in [6.45, 7) is 4.79. The van der Waals surface area contributed by atoms with Gasteiger partial charge in [0.1, 0.15) is 5.01 Å². The first kappa shape index (κ1) is 15.2. The van der Waals surface area contributed by atoms with Crippen molar-refractivity contribution in [1.82, 2.24) is 9.88 Å². The van der Waals surface area contributed by atoms with E-state index in [2.05, 4.69) is 11.9 Å². The Hall–Kier alpha value is -1.72. The van der Waals surface area contributed by atoms with Crippen LogP contribution in [0.15, 0.2) is 29.6 Å². The summed E-state index contributed by atoms with van der Waals surface area (Å²) in [5.41, 5.74) is 8.73. The number of rotatable bonds is 2. The number of carbonyl (C=O) groups is 1. The number of carbonyl (C=O) groups excluding carboxylic acids is 1. The van der Waals surface area contributed by atoms with Gasteiger partial charge in [0.15, 0.2) is 0 Å². The molecule has 1 fully saturated rings. The minimum Gasteiger partial charge on any atom is -0.336 e. The van der Waals surface area contributed by atoms with E-state index < -0.39 is 0 Å². The maximum Gasteiger partial charge on any atom is 0.254 e. The number of nitrogens with two attached hydrogens (primary N) is 1. The Labute approximate surface area is 135 Å². The second kappa shape index (κ2) is 6.18. The van der Waals surface area contributed by atoms with E-state index in [1.54, 1.807) is 11.3 Å². The van der Waals surface area contributed by atoms with Gasteiger partial charge in [0.05, 0.1) is 0 Å². The van der Waals surface area contributed by atoms with Crippen molar-refractivity contribution in [2.45, 2.75) is 38.8 Å². The number of benzene rings is 1. The van der Waals surface area contributed by atoms with E-state index in [4.69, 9.17) is 5.73 Å². The van der Waals surface area contributed by atoms with Gasteiger partial charge in [-0.3, -0.25) is 4.79 Å². The molecule has 0 aliphatic carbocycles. The molecule has 2 atom stereocenters. The molecule has 1 aliphatic heterocycles. The fraction of sp³-hybridized carbons (Fsp3) is 0.412. The third-order valence-electron chi connectivity index (χ3n) is 4.15. The fourth-order valence-corrected chi connectivity index (χ4v) is 3.74. The zero-order chi connectivity index (χ0) is 15.7. The summed E-state index contributed by atoms with van der Waals surface area (Å²) >= 11 is 1.61. The van der Waals surface area contributed by atoms with Gasteiger partial charge in [-0.2, -0.15) is 0 Å². The second-order valence-electron chi connectivity index (χ2n) is 6.01. The van der Waals surface area contributed by atoms with Crippen molar-refractivity contribution >= 4 is 17.2 Å². The van der Waals surface area contributed by atoms with Crippen LogP contribution in [-0.4, -0.2) is 34.4 Å². The molecule has 0 radical (unpaired) electrons. The van der Waals surface area contributed by atoms with E-state index in [0.29, 0.717) is 0 Å². The number of aryl methyl sites for hydroxylation is 1. The summed E-state index contributed by atoms with van der Waals surface area (Å²) < 4.78 is 0. The normalized spacial score (nSPS) is 21.9. The van der Waals surface area contributed by atoms with Gasteiger partial charge in [-0.25, -0.2) is 4.98 Å². The van der Waals surface area contributed by atoms with Gasteiger partial charge >= 0.3 is 0 Å². The molecular formula is C17H21N3OS. The molecule has 2 N–H and O–H groups in total. The molecular weight excluding hydrogens is 294 g/mol. The molecule has 1 amide bonds. The number of thiazole rings is 1. The van der Waals surface area contributed by atoms with E-state index in [1.807, 2.05) is 41.5 Å². The van der Waals surface area contributed by atoms with Gasteiger partial charge in [0.2, 0.25) is 0 Å². The fourth-order valence-electron chi connectivity index (χ4n) is 2.95. The minimum atomic E-state index is 0.0922. The maximum absolute atomic E-state index is 12.8. The van der Waals surface area contributed by atoms with Crippen LogP contribution in [-0.2, 0) is 0 Å². The highest BCUT2D eigenvalue weighted by Gasteiger charge is 2.27. The third-order valence-corrected chi connectivity index (χ3v) is 5.16.